The summed E-state index contributed by atoms with van der Waals surface area (Å²) in [5, 5.41) is 1.65. The number of morpholine rings is 1. The first-order valence-corrected chi connectivity index (χ1v) is 9.24. The topological polar surface area (TPSA) is 56.6 Å². The molecule has 0 spiro atoms. The second-order valence-electron chi connectivity index (χ2n) is 6.25. The van der Waals surface area contributed by atoms with Crippen molar-refractivity contribution in [3.8, 4) is 11.6 Å². The molecular weight excluding hydrogens is 389 g/mol. The van der Waals surface area contributed by atoms with Gasteiger partial charge in [0, 0.05) is 37.6 Å². The number of amides is 1. The molecule has 0 bridgehead atoms. The molecule has 3 heterocycles. The van der Waals surface area contributed by atoms with Crippen LogP contribution in [-0.4, -0.2) is 46.7 Å². The molecule has 3 aromatic rings. The molecule has 1 aliphatic heterocycles. The average molecular weight is 406 g/mol. The molecule has 4 rings (SSSR count). The number of halogens is 2. The quantitative estimate of drug-likeness (QED) is 0.656. The number of carbonyl (C=O) groups excluding carboxylic acids is 1. The summed E-state index contributed by atoms with van der Waals surface area (Å²) in [7, 11) is 1.89. The third-order valence-corrected chi connectivity index (χ3v) is 5.03. The van der Waals surface area contributed by atoms with Crippen LogP contribution < -0.4 is 4.74 Å². The van der Waals surface area contributed by atoms with Gasteiger partial charge >= 0.3 is 0 Å². The molecule has 0 aliphatic carbocycles. The standard InChI is InChI=1S/C19H17Cl2N3O3/c1-23-5-4-13-17(23)14(19(25)24-6-8-26-9-7-24)11-22-18(13)27-16-3-2-12(20)10-15(16)21/h2-5,10-11H,6-9H2,1H3. The number of fused-ring (bicyclic) bond motifs is 1. The summed E-state index contributed by atoms with van der Waals surface area (Å²) in [6.07, 6.45) is 3.43. The van der Waals surface area contributed by atoms with Crippen molar-refractivity contribution in [1.29, 1.82) is 0 Å². The molecule has 0 unspecified atom stereocenters. The van der Waals surface area contributed by atoms with Crippen LogP contribution >= 0.6 is 23.2 Å². The van der Waals surface area contributed by atoms with Crippen LogP contribution in [0.25, 0.3) is 10.9 Å². The summed E-state index contributed by atoms with van der Waals surface area (Å²) in [5.74, 6) is 0.771. The maximum Gasteiger partial charge on any atom is 0.257 e. The molecule has 2 aromatic heterocycles. The summed E-state index contributed by atoms with van der Waals surface area (Å²) in [5.41, 5.74) is 1.30. The number of carbonyl (C=O) groups is 1. The van der Waals surface area contributed by atoms with Crippen LogP contribution in [0, 0.1) is 0 Å². The van der Waals surface area contributed by atoms with Gasteiger partial charge in [-0.3, -0.25) is 4.79 Å². The number of benzene rings is 1. The number of nitrogens with zero attached hydrogens (tertiary/aromatic N) is 3. The number of pyridine rings is 1. The van der Waals surface area contributed by atoms with Gasteiger partial charge in [0.1, 0.15) is 5.75 Å². The fraction of sp³-hybridized carbons (Fsp3) is 0.263. The minimum atomic E-state index is -0.0614. The Balaban J connectivity index is 1.73. The van der Waals surface area contributed by atoms with Crippen LogP contribution in [0.1, 0.15) is 10.4 Å². The van der Waals surface area contributed by atoms with Crippen LogP contribution in [0.15, 0.2) is 36.7 Å². The second-order valence-corrected chi connectivity index (χ2v) is 7.09. The van der Waals surface area contributed by atoms with E-state index >= 15 is 0 Å². The molecule has 0 N–H and O–H groups in total. The van der Waals surface area contributed by atoms with Gasteiger partial charge in [-0.25, -0.2) is 4.98 Å². The van der Waals surface area contributed by atoms with Crippen LogP contribution in [-0.2, 0) is 11.8 Å². The van der Waals surface area contributed by atoms with Crippen molar-refractivity contribution in [2.75, 3.05) is 26.3 Å². The van der Waals surface area contributed by atoms with Crippen molar-refractivity contribution < 1.29 is 14.3 Å². The molecule has 1 fully saturated rings. The van der Waals surface area contributed by atoms with E-state index in [4.69, 9.17) is 32.7 Å². The Kier molecular flexibility index (Phi) is 4.95. The maximum atomic E-state index is 13.0. The van der Waals surface area contributed by atoms with E-state index < -0.39 is 0 Å². The highest BCUT2D eigenvalue weighted by Gasteiger charge is 2.24. The normalized spacial score (nSPS) is 14.6. The molecule has 1 amide bonds. The first kappa shape index (κ1) is 18.1. The molecule has 0 atom stereocenters. The Morgan fingerprint density at radius 2 is 2.00 bits per heavy atom. The Hall–Kier alpha value is -2.28. The van der Waals surface area contributed by atoms with E-state index in [2.05, 4.69) is 4.98 Å². The summed E-state index contributed by atoms with van der Waals surface area (Å²) in [6, 6.07) is 6.86. The van der Waals surface area contributed by atoms with E-state index in [1.807, 2.05) is 23.9 Å². The highest BCUT2D eigenvalue weighted by molar-refractivity contribution is 6.35. The monoisotopic (exact) mass is 405 g/mol. The van der Waals surface area contributed by atoms with Crippen molar-refractivity contribution in [2.24, 2.45) is 7.05 Å². The predicted molar refractivity (Wildman–Crippen MR) is 104 cm³/mol. The van der Waals surface area contributed by atoms with E-state index in [1.165, 1.54) is 0 Å². The highest BCUT2D eigenvalue weighted by atomic mass is 35.5. The Morgan fingerprint density at radius 3 is 2.74 bits per heavy atom. The van der Waals surface area contributed by atoms with Gasteiger partial charge in [0.25, 0.3) is 5.91 Å². The fourth-order valence-electron chi connectivity index (χ4n) is 3.13. The first-order chi connectivity index (χ1) is 13.0. The molecule has 27 heavy (non-hydrogen) atoms. The molecule has 140 valence electrons. The van der Waals surface area contributed by atoms with Gasteiger partial charge in [-0.1, -0.05) is 23.2 Å². The molecule has 0 radical (unpaired) electrons. The van der Waals surface area contributed by atoms with Gasteiger partial charge in [-0.2, -0.15) is 0 Å². The lowest BCUT2D eigenvalue weighted by Crippen LogP contribution is -2.40. The van der Waals surface area contributed by atoms with E-state index in [0.29, 0.717) is 53.5 Å². The summed E-state index contributed by atoms with van der Waals surface area (Å²) >= 11 is 12.1. The molecule has 8 heteroatoms. The van der Waals surface area contributed by atoms with Gasteiger partial charge in [0.2, 0.25) is 5.88 Å². The van der Waals surface area contributed by atoms with Crippen LogP contribution in [0.3, 0.4) is 0 Å². The van der Waals surface area contributed by atoms with Crippen LogP contribution in [0.5, 0.6) is 11.6 Å². The number of rotatable bonds is 3. The van der Waals surface area contributed by atoms with Crippen molar-refractivity contribution in [2.45, 2.75) is 0 Å². The van der Waals surface area contributed by atoms with E-state index in [-0.39, 0.29) is 5.91 Å². The molecule has 1 aliphatic rings. The summed E-state index contributed by atoms with van der Waals surface area (Å²) < 4.78 is 13.1. The largest absolute Gasteiger partial charge is 0.437 e. The Morgan fingerprint density at radius 1 is 1.22 bits per heavy atom. The second kappa shape index (κ2) is 7.38. The minimum absolute atomic E-state index is 0.0614. The van der Waals surface area contributed by atoms with Gasteiger partial charge in [0.15, 0.2) is 0 Å². The number of aryl methyl sites for hydroxylation is 1. The predicted octanol–water partition coefficient (Wildman–Crippen LogP) is 4.14. The molecule has 1 aromatic carbocycles. The van der Waals surface area contributed by atoms with E-state index in [0.717, 1.165) is 10.9 Å². The molecule has 6 nitrogen and oxygen atoms in total. The highest BCUT2D eigenvalue weighted by Crippen LogP contribution is 2.35. The fourth-order valence-corrected chi connectivity index (χ4v) is 3.58. The zero-order valence-electron chi connectivity index (χ0n) is 14.6. The van der Waals surface area contributed by atoms with Crippen LogP contribution in [0.4, 0.5) is 0 Å². The van der Waals surface area contributed by atoms with E-state index in [1.54, 1.807) is 29.3 Å². The van der Waals surface area contributed by atoms with Crippen molar-refractivity contribution >= 4 is 40.0 Å². The lowest BCUT2D eigenvalue weighted by Gasteiger charge is -2.27. The zero-order valence-corrected chi connectivity index (χ0v) is 16.1. The lowest BCUT2D eigenvalue weighted by molar-refractivity contribution is 0.0303. The number of ether oxygens (including phenoxy) is 2. The summed E-state index contributed by atoms with van der Waals surface area (Å²) in [6.45, 7) is 2.24. The minimum Gasteiger partial charge on any atom is -0.437 e. The van der Waals surface area contributed by atoms with Crippen molar-refractivity contribution in [3.05, 3.63) is 52.3 Å². The van der Waals surface area contributed by atoms with Gasteiger partial charge < -0.3 is 18.9 Å². The smallest absolute Gasteiger partial charge is 0.257 e. The summed E-state index contributed by atoms with van der Waals surface area (Å²) in [4.78, 5) is 19.1. The number of hydrogen-bond acceptors (Lipinski definition) is 4. The first-order valence-electron chi connectivity index (χ1n) is 8.48. The third-order valence-electron chi connectivity index (χ3n) is 4.50. The maximum absolute atomic E-state index is 13.0. The number of hydrogen-bond donors (Lipinski definition) is 0. The van der Waals surface area contributed by atoms with E-state index in [9.17, 15) is 4.79 Å². The lowest BCUT2D eigenvalue weighted by atomic mass is 10.1. The molecular formula is C19H17Cl2N3O3. The zero-order chi connectivity index (χ0) is 19.0. The third kappa shape index (κ3) is 3.48. The SMILES string of the molecule is Cn1ccc2c(Oc3ccc(Cl)cc3Cl)ncc(C(=O)N3CCOCC3)c21. The van der Waals surface area contributed by atoms with Gasteiger partial charge in [0.05, 0.1) is 34.7 Å². The Bertz CT molecular complexity index is 1010. The van der Waals surface area contributed by atoms with Crippen molar-refractivity contribution in [3.63, 3.8) is 0 Å². The number of aromatic nitrogens is 2. The van der Waals surface area contributed by atoms with Crippen LogP contribution in [0.2, 0.25) is 10.0 Å². The Labute approximate surface area is 166 Å². The average Bonchev–Trinajstić information content (AvgIpc) is 3.07. The van der Waals surface area contributed by atoms with Crippen molar-refractivity contribution in [1.82, 2.24) is 14.5 Å². The van der Waals surface area contributed by atoms with Gasteiger partial charge in [-0.15, -0.1) is 0 Å². The molecule has 0 saturated carbocycles. The van der Waals surface area contributed by atoms with Gasteiger partial charge in [-0.05, 0) is 24.3 Å². The molecule has 1 saturated heterocycles.